The summed E-state index contributed by atoms with van der Waals surface area (Å²) in [4.78, 5) is 14.5. The molecule has 0 bridgehead atoms. The van der Waals surface area contributed by atoms with Crippen LogP contribution in [0.5, 0.6) is 11.5 Å². The van der Waals surface area contributed by atoms with Gasteiger partial charge < -0.3 is 19.1 Å². The van der Waals surface area contributed by atoms with Crippen molar-refractivity contribution in [2.75, 3.05) is 20.4 Å². The lowest BCUT2D eigenvalue weighted by atomic mass is 10.2. The van der Waals surface area contributed by atoms with Crippen molar-refractivity contribution in [1.29, 1.82) is 0 Å². The Hall–Kier alpha value is -2.47. The summed E-state index contributed by atoms with van der Waals surface area (Å²) in [6.45, 7) is 7.45. The number of amides is 1. The van der Waals surface area contributed by atoms with Gasteiger partial charge in [-0.1, -0.05) is 56.0 Å². The number of methoxy groups -OCH3 is 2. The molecule has 0 radical (unpaired) electrons. The number of rotatable bonds is 8. The Morgan fingerprint density at radius 2 is 1.59 bits per heavy atom. The highest BCUT2D eigenvalue weighted by Crippen LogP contribution is 2.28. The first-order chi connectivity index (χ1) is 12.8. The molecular formula is C21H29NO4Si. The van der Waals surface area contributed by atoms with Gasteiger partial charge in [0.05, 0.1) is 22.3 Å². The van der Waals surface area contributed by atoms with E-state index in [9.17, 15) is 4.79 Å². The SMILES string of the molecule is COc1ccc(CN(C[Si](C)(C)C)C(=O)OCc2ccccc2)cc1OC. The van der Waals surface area contributed by atoms with Gasteiger partial charge in [-0.2, -0.15) is 0 Å². The Morgan fingerprint density at radius 1 is 0.926 bits per heavy atom. The molecule has 0 unspecified atom stereocenters. The van der Waals surface area contributed by atoms with E-state index in [-0.39, 0.29) is 12.7 Å². The van der Waals surface area contributed by atoms with Crippen LogP contribution < -0.4 is 9.47 Å². The Kier molecular flexibility index (Phi) is 7.30. The number of benzene rings is 2. The molecule has 0 aromatic heterocycles. The molecule has 0 saturated carbocycles. The number of carbonyl (C=O) groups is 1. The van der Waals surface area contributed by atoms with E-state index in [1.165, 1.54) is 0 Å². The standard InChI is InChI=1S/C21H29NO4Si/c1-24-19-12-11-18(13-20(19)25-2)14-22(16-27(3,4)5)21(23)26-15-17-9-7-6-8-10-17/h6-13H,14-16H2,1-5H3. The third-order valence-corrected chi connectivity index (χ3v) is 5.28. The van der Waals surface area contributed by atoms with Crippen molar-refractivity contribution in [1.82, 2.24) is 4.90 Å². The Morgan fingerprint density at radius 3 is 2.19 bits per heavy atom. The van der Waals surface area contributed by atoms with Crippen LogP contribution in [-0.4, -0.2) is 39.5 Å². The van der Waals surface area contributed by atoms with E-state index in [0.29, 0.717) is 18.0 Å². The molecule has 0 heterocycles. The van der Waals surface area contributed by atoms with Gasteiger partial charge in [-0.25, -0.2) is 4.79 Å². The molecule has 0 aliphatic carbocycles. The lowest BCUT2D eigenvalue weighted by Gasteiger charge is -2.28. The van der Waals surface area contributed by atoms with Crippen LogP contribution in [0.2, 0.25) is 19.6 Å². The molecule has 5 nitrogen and oxygen atoms in total. The lowest BCUT2D eigenvalue weighted by Crippen LogP contribution is -2.43. The van der Waals surface area contributed by atoms with E-state index < -0.39 is 8.07 Å². The van der Waals surface area contributed by atoms with E-state index >= 15 is 0 Å². The lowest BCUT2D eigenvalue weighted by molar-refractivity contribution is 0.0992. The van der Waals surface area contributed by atoms with Crippen molar-refractivity contribution >= 4 is 14.2 Å². The van der Waals surface area contributed by atoms with Crippen molar-refractivity contribution in [3.8, 4) is 11.5 Å². The maximum atomic E-state index is 12.7. The van der Waals surface area contributed by atoms with Crippen LogP contribution in [-0.2, 0) is 17.9 Å². The molecule has 0 spiro atoms. The number of hydrogen-bond donors (Lipinski definition) is 0. The largest absolute Gasteiger partial charge is 0.493 e. The van der Waals surface area contributed by atoms with Crippen molar-refractivity contribution in [3.05, 3.63) is 59.7 Å². The van der Waals surface area contributed by atoms with E-state index in [1.807, 2.05) is 48.5 Å². The second-order valence-corrected chi connectivity index (χ2v) is 13.1. The van der Waals surface area contributed by atoms with Gasteiger partial charge in [-0.15, -0.1) is 0 Å². The normalized spacial score (nSPS) is 11.0. The molecule has 0 aliphatic heterocycles. The van der Waals surface area contributed by atoms with E-state index in [2.05, 4.69) is 19.6 Å². The van der Waals surface area contributed by atoms with Crippen LogP contribution in [0.3, 0.4) is 0 Å². The molecule has 0 saturated heterocycles. The minimum atomic E-state index is -1.52. The van der Waals surface area contributed by atoms with Gasteiger partial charge >= 0.3 is 6.09 Å². The molecule has 0 N–H and O–H groups in total. The highest BCUT2D eigenvalue weighted by molar-refractivity contribution is 6.76. The van der Waals surface area contributed by atoms with Gasteiger partial charge in [0.1, 0.15) is 6.61 Å². The summed E-state index contributed by atoms with van der Waals surface area (Å²) in [5.41, 5.74) is 1.95. The monoisotopic (exact) mass is 387 g/mol. The topological polar surface area (TPSA) is 48.0 Å². The second kappa shape index (κ2) is 9.46. The number of nitrogens with zero attached hydrogens (tertiary/aromatic N) is 1. The highest BCUT2D eigenvalue weighted by atomic mass is 28.3. The zero-order valence-electron chi connectivity index (χ0n) is 16.8. The second-order valence-electron chi connectivity index (χ2n) is 7.65. The van der Waals surface area contributed by atoms with E-state index in [1.54, 1.807) is 19.1 Å². The molecule has 146 valence electrons. The smallest absolute Gasteiger partial charge is 0.410 e. The summed E-state index contributed by atoms with van der Waals surface area (Å²) in [5, 5.41) is 0. The zero-order chi connectivity index (χ0) is 19.9. The summed E-state index contributed by atoms with van der Waals surface area (Å²) in [7, 11) is 1.70. The Balaban J connectivity index is 2.12. The minimum absolute atomic E-state index is 0.272. The molecule has 1 amide bonds. The average Bonchev–Trinajstić information content (AvgIpc) is 2.65. The van der Waals surface area contributed by atoms with Gasteiger partial charge in [0.15, 0.2) is 11.5 Å². The molecule has 6 heteroatoms. The van der Waals surface area contributed by atoms with Crippen molar-refractivity contribution in [2.45, 2.75) is 32.8 Å². The van der Waals surface area contributed by atoms with E-state index in [4.69, 9.17) is 14.2 Å². The third-order valence-electron chi connectivity index (χ3n) is 3.95. The molecule has 2 rings (SSSR count). The molecular weight excluding hydrogens is 358 g/mol. The first-order valence-electron chi connectivity index (χ1n) is 8.99. The molecule has 0 atom stereocenters. The maximum absolute atomic E-state index is 12.7. The minimum Gasteiger partial charge on any atom is -0.493 e. The quantitative estimate of drug-likeness (QED) is 0.615. The Labute approximate surface area is 162 Å². The van der Waals surface area contributed by atoms with Crippen LogP contribution >= 0.6 is 0 Å². The van der Waals surface area contributed by atoms with Crippen molar-refractivity contribution in [3.63, 3.8) is 0 Å². The predicted molar refractivity (Wildman–Crippen MR) is 110 cm³/mol. The van der Waals surface area contributed by atoms with E-state index in [0.717, 1.165) is 17.3 Å². The number of hydrogen-bond acceptors (Lipinski definition) is 4. The summed E-state index contributed by atoms with van der Waals surface area (Å²) < 4.78 is 16.2. The first-order valence-corrected chi connectivity index (χ1v) is 12.7. The zero-order valence-corrected chi connectivity index (χ0v) is 17.8. The molecule has 0 fully saturated rings. The van der Waals surface area contributed by atoms with Gasteiger partial charge in [0.2, 0.25) is 0 Å². The fourth-order valence-electron chi connectivity index (χ4n) is 2.77. The van der Waals surface area contributed by atoms with Crippen molar-refractivity contribution < 1.29 is 19.0 Å². The van der Waals surface area contributed by atoms with Crippen LogP contribution in [0.25, 0.3) is 0 Å². The molecule has 27 heavy (non-hydrogen) atoms. The summed E-state index contributed by atoms with van der Waals surface area (Å²) >= 11 is 0. The fourth-order valence-corrected chi connectivity index (χ4v) is 4.15. The summed E-state index contributed by atoms with van der Waals surface area (Å²) in [5.74, 6) is 1.32. The summed E-state index contributed by atoms with van der Waals surface area (Å²) in [6.07, 6.45) is 0.422. The first kappa shape index (κ1) is 20.8. The van der Waals surface area contributed by atoms with Crippen LogP contribution in [0, 0.1) is 0 Å². The average molecular weight is 388 g/mol. The third kappa shape index (κ3) is 6.64. The van der Waals surface area contributed by atoms with Crippen LogP contribution in [0.15, 0.2) is 48.5 Å². The number of ether oxygens (including phenoxy) is 3. The molecule has 0 aliphatic rings. The molecule has 2 aromatic rings. The fraction of sp³-hybridized carbons (Fsp3) is 0.381. The predicted octanol–water partition coefficient (Wildman–Crippen LogP) is 4.72. The van der Waals surface area contributed by atoms with Gasteiger partial charge in [0.25, 0.3) is 0 Å². The Bertz CT molecular complexity index is 744. The van der Waals surface area contributed by atoms with Gasteiger partial charge in [-0.3, -0.25) is 0 Å². The van der Waals surface area contributed by atoms with Gasteiger partial charge in [0, 0.05) is 12.7 Å². The number of carbonyl (C=O) groups excluding carboxylic acids is 1. The van der Waals surface area contributed by atoms with Crippen LogP contribution in [0.1, 0.15) is 11.1 Å². The molecule has 2 aromatic carbocycles. The van der Waals surface area contributed by atoms with Crippen molar-refractivity contribution in [2.24, 2.45) is 0 Å². The maximum Gasteiger partial charge on any atom is 0.410 e. The highest BCUT2D eigenvalue weighted by Gasteiger charge is 2.24. The summed E-state index contributed by atoms with van der Waals surface area (Å²) in [6, 6.07) is 15.4. The van der Waals surface area contributed by atoms with Gasteiger partial charge in [-0.05, 0) is 23.3 Å². The van der Waals surface area contributed by atoms with Crippen LogP contribution in [0.4, 0.5) is 4.79 Å².